The molecule has 24 heavy (non-hydrogen) atoms. The Hall–Kier alpha value is -2.34. The van der Waals surface area contributed by atoms with Crippen LogP contribution in [0.3, 0.4) is 0 Å². The smallest absolute Gasteiger partial charge is 0.225 e. The number of H-pyrrole nitrogens is 1. The molecular formula is C18H25N5O. The molecule has 0 saturated carbocycles. The quantitative estimate of drug-likeness (QED) is 0.883. The second kappa shape index (κ2) is 7.49. The molecular weight excluding hydrogens is 302 g/mol. The Morgan fingerprint density at radius 1 is 1.17 bits per heavy atom. The molecule has 2 aromatic rings. The van der Waals surface area contributed by atoms with Gasteiger partial charge in [-0.2, -0.15) is 5.10 Å². The summed E-state index contributed by atoms with van der Waals surface area (Å²) in [6.45, 7) is 8.60. The van der Waals surface area contributed by atoms with Crippen LogP contribution in [0.15, 0.2) is 30.3 Å². The zero-order chi connectivity index (χ0) is 16.9. The number of aromatic amines is 1. The van der Waals surface area contributed by atoms with Crippen molar-refractivity contribution in [2.75, 3.05) is 42.9 Å². The standard InChI is InChI=1S/C18H25N5O/c1-14-18(15(2)21-20-14)19-17(24)8-9-22-10-12-23(13-11-22)16-6-4-3-5-7-16/h3-7H,8-13H2,1-2H3,(H,19,24)(H,20,21). The number of aryl methyl sites for hydroxylation is 2. The fourth-order valence-electron chi connectivity index (χ4n) is 3.07. The molecule has 1 saturated heterocycles. The summed E-state index contributed by atoms with van der Waals surface area (Å²) in [7, 11) is 0. The second-order valence-electron chi connectivity index (χ2n) is 6.27. The number of nitrogens with one attached hydrogen (secondary N) is 2. The van der Waals surface area contributed by atoms with E-state index in [1.165, 1.54) is 5.69 Å². The van der Waals surface area contributed by atoms with E-state index >= 15 is 0 Å². The number of piperazine rings is 1. The lowest BCUT2D eigenvalue weighted by atomic mass is 10.2. The summed E-state index contributed by atoms with van der Waals surface area (Å²) in [5, 5.41) is 9.95. The second-order valence-corrected chi connectivity index (χ2v) is 6.27. The van der Waals surface area contributed by atoms with Gasteiger partial charge < -0.3 is 10.2 Å². The minimum absolute atomic E-state index is 0.0492. The molecule has 0 spiro atoms. The molecule has 0 radical (unpaired) electrons. The zero-order valence-electron chi connectivity index (χ0n) is 14.4. The number of carbonyl (C=O) groups excluding carboxylic acids is 1. The number of carbonyl (C=O) groups is 1. The van der Waals surface area contributed by atoms with Crippen LogP contribution in [0.4, 0.5) is 11.4 Å². The third-order valence-electron chi connectivity index (χ3n) is 4.54. The lowest BCUT2D eigenvalue weighted by Gasteiger charge is -2.36. The van der Waals surface area contributed by atoms with E-state index in [2.05, 4.69) is 49.6 Å². The SMILES string of the molecule is Cc1n[nH]c(C)c1NC(=O)CCN1CCN(c2ccccc2)CC1. The van der Waals surface area contributed by atoms with E-state index in [1.807, 2.05) is 19.9 Å². The maximum absolute atomic E-state index is 12.2. The van der Waals surface area contributed by atoms with Crippen LogP contribution in [0.2, 0.25) is 0 Å². The van der Waals surface area contributed by atoms with Crippen molar-refractivity contribution >= 4 is 17.3 Å². The average Bonchev–Trinajstić information content (AvgIpc) is 2.93. The van der Waals surface area contributed by atoms with E-state index in [0.717, 1.165) is 49.8 Å². The van der Waals surface area contributed by atoms with Crippen LogP contribution in [0, 0.1) is 13.8 Å². The van der Waals surface area contributed by atoms with Gasteiger partial charge in [-0.15, -0.1) is 0 Å². The van der Waals surface area contributed by atoms with Gasteiger partial charge in [0, 0.05) is 44.8 Å². The molecule has 2 heterocycles. The number of para-hydroxylation sites is 1. The van der Waals surface area contributed by atoms with Crippen LogP contribution in [-0.4, -0.2) is 53.7 Å². The van der Waals surface area contributed by atoms with Crippen LogP contribution < -0.4 is 10.2 Å². The predicted molar refractivity (Wildman–Crippen MR) is 96.4 cm³/mol. The Bertz CT molecular complexity index is 654. The number of hydrogen-bond donors (Lipinski definition) is 2. The zero-order valence-corrected chi connectivity index (χ0v) is 14.4. The van der Waals surface area contributed by atoms with Gasteiger partial charge in [-0.3, -0.25) is 14.8 Å². The van der Waals surface area contributed by atoms with Crippen molar-refractivity contribution in [3.8, 4) is 0 Å². The summed E-state index contributed by atoms with van der Waals surface area (Å²) in [4.78, 5) is 16.9. The highest BCUT2D eigenvalue weighted by Crippen LogP contribution is 2.17. The Labute approximate surface area is 142 Å². The fourth-order valence-corrected chi connectivity index (χ4v) is 3.07. The van der Waals surface area contributed by atoms with Gasteiger partial charge in [0.05, 0.1) is 17.1 Å². The number of hydrogen-bond acceptors (Lipinski definition) is 4. The molecule has 6 nitrogen and oxygen atoms in total. The monoisotopic (exact) mass is 327 g/mol. The molecule has 1 aromatic heterocycles. The highest BCUT2D eigenvalue weighted by atomic mass is 16.1. The third-order valence-corrected chi connectivity index (χ3v) is 4.54. The van der Waals surface area contributed by atoms with Crippen molar-refractivity contribution in [2.24, 2.45) is 0 Å². The average molecular weight is 327 g/mol. The van der Waals surface area contributed by atoms with Gasteiger partial charge in [0.1, 0.15) is 0 Å². The summed E-state index contributed by atoms with van der Waals surface area (Å²) in [5.41, 5.74) is 3.82. The molecule has 1 fully saturated rings. The first-order valence-electron chi connectivity index (χ1n) is 8.47. The highest BCUT2D eigenvalue weighted by Gasteiger charge is 2.18. The van der Waals surface area contributed by atoms with Crippen molar-refractivity contribution in [2.45, 2.75) is 20.3 Å². The summed E-state index contributed by atoms with van der Waals surface area (Å²) in [6.07, 6.45) is 0.509. The molecule has 0 bridgehead atoms. The Kier molecular flexibility index (Phi) is 5.15. The molecule has 3 rings (SSSR count). The van der Waals surface area contributed by atoms with Crippen LogP contribution in [0.5, 0.6) is 0 Å². The summed E-state index contributed by atoms with van der Waals surface area (Å²) >= 11 is 0. The highest BCUT2D eigenvalue weighted by molar-refractivity contribution is 5.91. The number of rotatable bonds is 5. The van der Waals surface area contributed by atoms with Gasteiger partial charge in [0.2, 0.25) is 5.91 Å². The number of benzene rings is 1. The van der Waals surface area contributed by atoms with E-state index in [-0.39, 0.29) is 5.91 Å². The topological polar surface area (TPSA) is 64.3 Å². The molecule has 0 unspecified atom stereocenters. The Balaban J connectivity index is 1.43. The van der Waals surface area contributed by atoms with Gasteiger partial charge >= 0.3 is 0 Å². The van der Waals surface area contributed by atoms with Crippen LogP contribution >= 0.6 is 0 Å². The first kappa shape index (κ1) is 16.5. The Morgan fingerprint density at radius 3 is 2.50 bits per heavy atom. The van der Waals surface area contributed by atoms with Crippen LogP contribution in [0.1, 0.15) is 17.8 Å². The summed E-state index contributed by atoms with van der Waals surface area (Å²) < 4.78 is 0. The largest absolute Gasteiger partial charge is 0.369 e. The first-order chi connectivity index (χ1) is 11.6. The lowest BCUT2D eigenvalue weighted by molar-refractivity contribution is -0.116. The van der Waals surface area contributed by atoms with E-state index in [9.17, 15) is 4.79 Å². The minimum atomic E-state index is 0.0492. The van der Waals surface area contributed by atoms with Gasteiger partial charge in [0.15, 0.2) is 0 Å². The van der Waals surface area contributed by atoms with Crippen molar-refractivity contribution in [1.29, 1.82) is 0 Å². The summed E-state index contributed by atoms with van der Waals surface area (Å²) in [6, 6.07) is 10.5. The van der Waals surface area contributed by atoms with E-state index in [1.54, 1.807) is 0 Å². The molecule has 0 atom stereocenters. The van der Waals surface area contributed by atoms with Crippen LogP contribution in [0.25, 0.3) is 0 Å². The molecule has 0 aliphatic carbocycles. The third kappa shape index (κ3) is 3.94. The van der Waals surface area contributed by atoms with Crippen molar-refractivity contribution in [3.63, 3.8) is 0 Å². The molecule has 1 aliphatic rings. The van der Waals surface area contributed by atoms with E-state index < -0.39 is 0 Å². The molecule has 1 aromatic carbocycles. The number of nitrogens with zero attached hydrogens (tertiary/aromatic N) is 3. The Morgan fingerprint density at radius 2 is 1.88 bits per heavy atom. The predicted octanol–water partition coefficient (Wildman–Crippen LogP) is 2.18. The van der Waals surface area contributed by atoms with Crippen LogP contribution in [-0.2, 0) is 4.79 Å². The normalized spacial score (nSPS) is 15.5. The first-order valence-corrected chi connectivity index (χ1v) is 8.47. The molecule has 6 heteroatoms. The molecule has 128 valence electrons. The fraction of sp³-hybridized carbons (Fsp3) is 0.444. The van der Waals surface area contributed by atoms with E-state index in [0.29, 0.717) is 6.42 Å². The molecule has 1 aliphatic heterocycles. The lowest BCUT2D eigenvalue weighted by Crippen LogP contribution is -2.47. The van der Waals surface area contributed by atoms with E-state index in [4.69, 9.17) is 0 Å². The van der Waals surface area contributed by atoms with Crippen molar-refractivity contribution < 1.29 is 4.79 Å². The number of aromatic nitrogens is 2. The molecule has 1 amide bonds. The number of anilines is 2. The van der Waals surface area contributed by atoms with Crippen molar-refractivity contribution in [3.05, 3.63) is 41.7 Å². The molecule has 2 N–H and O–H groups in total. The van der Waals surface area contributed by atoms with Gasteiger partial charge in [-0.05, 0) is 26.0 Å². The maximum Gasteiger partial charge on any atom is 0.225 e. The summed E-state index contributed by atoms with van der Waals surface area (Å²) in [5.74, 6) is 0.0492. The van der Waals surface area contributed by atoms with Gasteiger partial charge in [0.25, 0.3) is 0 Å². The van der Waals surface area contributed by atoms with Gasteiger partial charge in [-0.25, -0.2) is 0 Å². The van der Waals surface area contributed by atoms with Gasteiger partial charge in [-0.1, -0.05) is 18.2 Å². The minimum Gasteiger partial charge on any atom is -0.369 e. The number of amides is 1. The maximum atomic E-state index is 12.2. The van der Waals surface area contributed by atoms with Crippen molar-refractivity contribution in [1.82, 2.24) is 15.1 Å².